The number of piperazine rings is 1. The summed E-state index contributed by atoms with van der Waals surface area (Å²) in [5, 5.41) is 19.2. The van der Waals surface area contributed by atoms with Crippen LogP contribution in [0.1, 0.15) is 12.6 Å². The summed E-state index contributed by atoms with van der Waals surface area (Å²) < 4.78 is 5.05. The minimum absolute atomic E-state index is 0.0757. The minimum atomic E-state index is 0.0757. The Labute approximate surface area is 106 Å². The Bertz CT molecular complexity index is 473. The largest absolute Gasteiger partial charge is 0.481 e. The van der Waals surface area contributed by atoms with Crippen molar-refractivity contribution >= 4 is 11.7 Å². The zero-order valence-electron chi connectivity index (χ0n) is 10.5. The summed E-state index contributed by atoms with van der Waals surface area (Å²) in [5.74, 6) is 1.11. The number of hydrogen-bond acceptors (Lipinski definition) is 5. The molecule has 0 bridgehead atoms. The molecule has 1 saturated heterocycles. The Morgan fingerprint density at radius 3 is 3.00 bits per heavy atom. The summed E-state index contributed by atoms with van der Waals surface area (Å²) >= 11 is 0. The van der Waals surface area contributed by atoms with E-state index in [2.05, 4.69) is 10.3 Å². The molecule has 1 aliphatic heterocycles. The van der Waals surface area contributed by atoms with Gasteiger partial charge in [-0.05, 0) is 13.0 Å². The molecule has 0 spiro atoms. The SMILES string of the molecule is COc1cccc(C(=N)N2C(=N)CNCC2C)n1. The molecule has 1 aromatic rings. The monoisotopic (exact) mass is 247 g/mol. The highest BCUT2D eigenvalue weighted by atomic mass is 16.5. The summed E-state index contributed by atoms with van der Waals surface area (Å²) in [6, 6.07) is 5.37. The lowest BCUT2D eigenvalue weighted by Gasteiger charge is -2.35. The van der Waals surface area contributed by atoms with Gasteiger partial charge in [-0.1, -0.05) is 6.07 Å². The molecule has 1 fully saturated rings. The molecule has 96 valence electrons. The van der Waals surface area contributed by atoms with E-state index in [4.69, 9.17) is 15.6 Å². The highest BCUT2D eigenvalue weighted by molar-refractivity contribution is 6.07. The molecule has 2 heterocycles. The normalized spacial score (nSPS) is 19.8. The van der Waals surface area contributed by atoms with Crippen LogP contribution >= 0.6 is 0 Å². The highest BCUT2D eigenvalue weighted by Crippen LogP contribution is 2.13. The number of amidine groups is 2. The van der Waals surface area contributed by atoms with Gasteiger partial charge in [-0.25, -0.2) is 4.98 Å². The van der Waals surface area contributed by atoms with E-state index in [1.54, 1.807) is 30.2 Å². The molecule has 6 nitrogen and oxygen atoms in total. The van der Waals surface area contributed by atoms with Crippen LogP contribution in [0.3, 0.4) is 0 Å². The van der Waals surface area contributed by atoms with Crippen LogP contribution in [0.25, 0.3) is 0 Å². The molecule has 1 aliphatic rings. The van der Waals surface area contributed by atoms with Crippen LogP contribution in [0.5, 0.6) is 5.88 Å². The molecule has 3 N–H and O–H groups in total. The fraction of sp³-hybridized carbons (Fsp3) is 0.417. The van der Waals surface area contributed by atoms with Crippen LogP contribution < -0.4 is 10.1 Å². The number of aromatic nitrogens is 1. The van der Waals surface area contributed by atoms with Crippen LogP contribution in [-0.2, 0) is 0 Å². The van der Waals surface area contributed by atoms with Gasteiger partial charge in [0.15, 0.2) is 5.84 Å². The third-order valence-electron chi connectivity index (χ3n) is 2.88. The fourth-order valence-corrected chi connectivity index (χ4v) is 1.98. The predicted molar refractivity (Wildman–Crippen MR) is 69.5 cm³/mol. The van der Waals surface area contributed by atoms with Gasteiger partial charge in [-0.15, -0.1) is 0 Å². The smallest absolute Gasteiger partial charge is 0.213 e. The maximum Gasteiger partial charge on any atom is 0.213 e. The van der Waals surface area contributed by atoms with E-state index >= 15 is 0 Å². The highest BCUT2D eigenvalue weighted by Gasteiger charge is 2.26. The molecule has 2 rings (SSSR count). The van der Waals surface area contributed by atoms with Crippen molar-refractivity contribution in [3.05, 3.63) is 23.9 Å². The van der Waals surface area contributed by atoms with Crippen LogP contribution in [0, 0.1) is 10.8 Å². The van der Waals surface area contributed by atoms with E-state index in [-0.39, 0.29) is 11.9 Å². The summed E-state index contributed by atoms with van der Waals surface area (Å²) in [6.45, 7) is 3.22. The first-order valence-corrected chi connectivity index (χ1v) is 5.81. The van der Waals surface area contributed by atoms with Gasteiger partial charge in [0.25, 0.3) is 0 Å². The molecule has 0 radical (unpaired) electrons. The van der Waals surface area contributed by atoms with Crippen LogP contribution in [-0.4, -0.2) is 47.8 Å². The summed E-state index contributed by atoms with van der Waals surface area (Å²) in [4.78, 5) is 5.92. The van der Waals surface area contributed by atoms with E-state index in [0.717, 1.165) is 6.54 Å². The van der Waals surface area contributed by atoms with E-state index in [1.165, 1.54) is 0 Å². The second kappa shape index (κ2) is 5.14. The molecule has 1 aromatic heterocycles. The Kier molecular flexibility index (Phi) is 3.57. The third-order valence-corrected chi connectivity index (χ3v) is 2.88. The first-order chi connectivity index (χ1) is 8.63. The quantitative estimate of drug-likeness (QED) is 0.530. The van der Waals surface area contributed by atoms with E-state index in [9.17, 15) is 0 Å². The van der Waals surface area contributed by atoms with Crippen molar-refractivity contribution in [1.82, 2.24) is 15.2 Å². The van der Waals surface area contributed by atoms with Crippen molar-refractivity contribution in [3.8, 4) is 5.88 Å². The molecule has 0 amide bonds. The average Bonchev–Trinajstić information content (AvgIpc) is 2.38. The number of rotatable bonds is 2. The predicted octanol–water partition coefficient (Wildman–Crippen LogP) is 0.687. The van der Waals surface area contributed by atoms with Crippen molar-refractivity contribution in [2.45, 2.75) is 13.0 Å². The summed E-state index contributed by atoms with van der Waals surface area (Å²) in [5.41, 5.74) is 0.521. The Hall–Kier alpha value is -1.95. The van der Waals surface area contributed by atoms with Gasteiger partial charge in [0.2, 0.25) is 5.88 Å². The molecule has 0 aromatic carbocycles. The lowest BCUT2D eigenvalue weighted by molar-refractivity contribution is 0.391. The van der Waals surface area contributed by atoms with Gasteiger partial charge in [0.1, 0.15) is 11.5 Å². The van der Waals surface area contributed by atoms with E-state index < -0.39 is 0 Å². The van der Waals surface area contributed by atoms with Crippen LogP contribution in [0.4, 0.5) is 0 Å². The van der Waals surface area contributed by atoms with Gasteiger partial charge in [-0.2, -0.15) is 0 Å². The first kappa shape index (κ1) is 12.5. The lowest BCUT2D eigenvalue weighted by Crippen LogP contribution is -2.55. The van der Waals surface area contributed by atoms with Gasteiger partial charge >= 0.3 is 0 Å². The molecular weight excluding hydrogens is 230 g/mol. The maximum atomic E-state index is 8.20. The van der Waals surface area contributed by atoms with Gasteiger partial charge < -0.3 is 15.0 Å². The molecule has 6 heteroatoms. The number of nitrogens with one attached hydrogen (secondary N) is 3. The van der Waals surface area contributed by atoms with E-state index in [0.29, 0.717) is 24.0 Å². The molecule has 0 aliphatic carbocycles. The van der Waals surface area contributed by atoms with E-state index in [1.807, 2.05) is 6.92 Å². The Morgan fingerprint density at radius 1 is 1.56 bits per heavy atom. The number of ether oxygens (including phenoxy) is 1. The summed E-state index contributed by atoms with van der Waals surface area (Å²) in [6.07, 6.45) is 0. The fourth-order valence-electron chi connectivity index (χ4n) is 1.98. The van der Waals surface area contributed by atoms with Crippen LogP contribution in [0.15, 0.2) is 18.2 Å². The topological polar surface area (TPSA) is 85.1 Å². The van der Waals surface area contributed by atoms with Gasteiger partial charge in [-0.3, -0.25) is 10.8 Å². The molecular formula is C12H17N5O. The zero-order chi connectivity index (χ0) is 13.1. The molecule has 0 saturated carbocycles. The van der Waals surface area contributed by atoms with Crippen LogP contribution in [0.2, 0.25) is 0 Å². The molecule has 1 unspecified atom stereocenters. The minimum Gasteiger partial charge on any atom is -0.481 e. The van der Waals surface area contributed by atoms with Crippen molar-refractivity contribution < 1.29 is 4.74 Å². The Morgan fingerprint density at radius 2 is 2.33 bits per heavy atom. The number of nitrogens with zero attached hydrogens (tertiary/aromatic N) is 2. The zero-order valence-corrected chi connectivity index (χ0v) is 10.5. The third kappa shape index (κ3) is 2.33. The average molecular weight is 247 g/mol. The first-order valence-electron chi connectivity index (χ1n) is 5.81. The standard InChI is InChI=1S/C12H17N5O/c1-8-6-15-7-10(13)17(8)12(14)9-4-3-5-11(16-9)18-2/h3-5,8,13-15H,6-7H2,1-2H3. The number of pyridine rings is 1. The Balaban J connectivity index is 2.26. The van der Waals surface area contributed by atoms with Gasteiger partial charge in [0, 0.05) is 18.7 Å². The van der Waals surface area contributed by atoms with Crippen molar-refractivity contribution in [2.24, 2.45) is 0 Å². The molecule has 1 atom stereocenters. The van der Waals surface area contributed by atoms with Crippen molar-refractivity contribution in [2.75, 3.05) is 20.2 Å². The van der Waals surface area contributed by atoms with Gasteiger partial charge in [0.05, 0.1) is 13.7 Å². The second-order valence-electron chi connectivity index (χ2n) is 4.21. The lowest BCUT2D eigenvalue weighted by atomic mass is 10.1. The number of hydrogen-bond donors (Lipinski definition) is 3. The second-order valence-corrected chi connectivity index (χ2v) is 4.21. The van der Waals surface area contributed by atoms with Crippen molar-refractivity contribution in [1.29, 1.82) is 10.8 Å². The molecule has 18 heavy (non-hydrogen) atoms. The number of methoxy groups -OCH3 is 1. The maximum absolute atomic E-state index is 8.20. The van der Waals surface area contributed by atoms with Crippen molar-refractivity contribution in [3.63, 3.8) is 0 Å². The summed E-state index contributed by atoms with van der Waals surface area (Å²) in [7, 11) is 1.55.